The number of nitrogens with one attached hydrogen (secondary N) is 2. The first kappa shape index (κ1) is 22.2. The number of benzene rings is 2. The maximum Gasteiger partial charge on any atom is 0.242 e. The summed E-state index contributed by atoms with van der Waals surface area (Å²) in [5.41, 5.74) is 1.75. The van der Waals surface area contributed by atoms with Crippen molar-refractivity contribution in [1.82, 2.24) is 4.72 Å². The van der Waals surface area contributed by atoms with Crippen molar-refractivity contribution in [2.45, 2.75) is 44.6 Å². The molecule has 0 aliphatic rings. The number of amides is 1. The van der Waals surface area contributed by atoms with Crippen molar-refractivity contribution in [3.8, 4) is 5.75 Å². The SMILES string of the molecule is CCOc1ccc(S(=O)(=O)N[C@@H](C)C(=O)Nc2ccc(C(C)C)cc2)cc1Cl. The molecular formula is C20H25ClN2O4S. The van der Waals surface area contributed by atoms with Gasteiger partial charge in [-0.2, -0.15) is 4.72 Å². The highest BCUT2D eigenvalue weighted by Crippen LogP contribution is 2.27. The Morgan fingerprint density at radius 1 is 1.11 bits per heavy atom. The van der Waals surface area contributed by atoms with Gasteiger partial charge in [-0.3, -0.25) is 4.79 Å². The molecule has 152 valence electrons. The number of carbonyl (C=O) groups excluding carboxylic acids is 1. The Labute approximate surface area is 171 Å². The molecule has 2 rings (SSSR count). The van der Waals surface area contributed by atoms with Gasteiger partial charge in [-0.15, -0.1) is 0 Å². The van der Waals surface area contributed by atoms with Crippen LogP contribution in [0.15, 0.2) is 47.4 Å². The number of sulfonamides is 1. The second kappa shape index (κ2) is 9.41. The zero-order valence-electron chi connectivity index (χ0n) is 16.3. The van der Waals surface area contributed by atoms with E-state index in [1.54, 1.807) is 19.1 Å². The molecule has 28 heavy (non-hydrogen) atoms. The first-order valence-electron chi connectivity index (χ1n) is 8.99. The van der Waals surface area contributed by atoms with Crippen LogP contribution in [-0.4, -0.2) is 27.0 Å². The van der Waals surface area contributed by atoms with Crippen LogP contribution in [-0.2, 0) is 14.8 Å². The lowest BCUT2D eigenvalue weighted by molar-refractivity contribution is -0.117. The Morgan fingerprint density at radius 2 is 1.75 bits per heavy atom. The predicted octanol–water partition coefficient (Wildman–Crippen LogP) is 4.17. The van der Waals surface area contributed by atoms with E-state index in [1.165, 1.54) is 25.1 Å². The molecule has 1 amide bonds. The molecule has 0 heterocycles. The van der Waals surface area contributed by atoms with Gasteiger partial charge in [0.1, 0.15) is 5.75 Å². The highest BCUT2D eigenvalue weighted by Gasteiger charge is 2.23. The van der Waals surface area contributed by atoms with E-state index >= 15 is 0 Å². The molecule has 0 aromatic heterocycles. The van der Waals surface area contributed by atoms with Crippen LogP contribution in [0.2, 0.25) is 5.02 Å². The van der Waals surface area contributed by atoms with Crippen LogP contribution < -0.4 is 14.8 Å². The number of hydrogen-bond acceptors (Lipinski definition) is 4. The molecular weight excluding hydrogens is 400 g/mol. The van der Waals surface area contributed by atoms with Crippen LogP contribution in [0.1, 0.15) is 39.2 Å². The summed E-state index contributed by atoms with van der Waals surface area (Å²) in [7, 11) is -3.92. The minimum Gasteiger partial charge on any atom is -0.492 e. The van der Waals surface area contributed by atoms with Crippen molar-refractivity contribution in [1.29, 1.82) is 0 Å². The second-order valence-electron chi connectivity index (χ2n) is 6.63. The van der Waals surface area contributed by atoms with E-state index in [1.807, 2.05) is 12.1 Å². The van der Waals surface area contributed by atoms with Crippen LogP contribution in [0.3, 0.4) is 0 Å². The highest BCUT2D eigenvalue weighted by molar-refractivity contribution is 7.89. The van der Waals surface area contributed by atoms with Gasteiger partial charge in [-0.25, -0.2) is 8.42 Å². The van der Waals surface area contributed by atoms with Crippen LogP contribution in [0.4, 0.5) is 5.69 Å². The van der Waals surface area contributed by atoms with Gasteiger partial charge in [-0.1, -0.05) is 37.6 Å². The lowest BCUT2D eigenvalue weighted by Gasteiger charge is -2.15. The molecule has 0 radical (unpaired) electrons. The Kier molecular flexibility index (Phi) is 7.46. The zero-order valence-corrected chi connectivity index (χ0v) is 17.9. The average molecular weight is 425 g/mol. The third-order valence-electron chi connectivity index (χ3n) is 4.08. The Hall–Kier alpha value is -2.09. The van der Waals surface area contributed by atoms with E-state index < -0.39 is 22.0 Å². The van der Waals surface area contributed by atoms with E-state index in [-0.39, 0.29) is 9.92 Å². The smallest absolute Gasteiger partial charge is 0.242 e. The summed E-state index contributed by atoms with van der Waals surface area (Å²) in [6.07, 6.45) is 0. The fourth-order valence-corrected chi connectivity index (χ4v) is 4.01. The molecule has 0 aliphatic carbocycles. The molecule has 6 nitrogen and oxygen atoms in total. The summed E-state index contributed by atoms with van der Waals surface area (Å²) < 4.78 is 32.8. The van der Waals surface area contributed by atoms with Gasteiger partial charge in [-0.05, 0) is 55.7 Å². The summed E-state index contributed by atoms with van der Waals surface area (Å²) in [6.45, 7) is 7.86. The Morgan fingerprint density at radius 3 is 2.29 bits per heavy atom. The average Bonchev–Trinajstić information content (AvgIpc) is 2.63. The molecule has 0 aliphatic heterocycles. The molecule has 1 atom stereocenters. The lowest BCUT2D eigenvalue weighted by atomic mass is 10.0. The van der Waals surface area contributed by atoms with E-state index in [2.05, 4.69) is 23.9 Å². The summed E-state index contributed by atoms with van der Waals surface area (Å²) >= 11 is 6.06. The standard InChI is InChI=1S/C20H25ClN2O4S/c1-5-27-19-11-10-17(12-18(19)21)28(25,26)23-14(4)20(24)22-16-8-6-15(7-9-16)13(2)3/h6-14,23H,5H2,1-4H3,(H,22,24)/t14-/m0/s1. The number of halogens is 1. The summed E-state index contributed by atoms with van der Waals surface area (Å²) in [6, 6.07) is 10.6. The summed E-state index contributed by atoms with van der Waals surface area (Å²) in [5.74, 6) is 0.327. The van der Waals surface area contributed by atoms with E-state index in [0.29, 0.717) is 24.0 Å². The monoisotopic (exact) mass is 424 g/mol. The fraction of sp³-hybridized carbons (Fsp3) is 0.350. The van der Waals surface area contributed by atoms with Crippen molar-refractivity contribution >= 4 is 33.2 Å². The molecule has 0 fully saturated rings. The van der Waals surface area contributed by atoms with E-state index in [9.17, 15) is 13.2 Å². The van der Waals surface area contributed by atoms with Gasteiger partial charge in [0.2, 0.25) is 15.9 Å². The maximum atomic E-state index is 12.5. The van der Waals surface area contributed by atoms with E-state index in [0.717, 1.165) is 5.56 Å². The first-order chi connectivity index (χ1) is 13.1. The van der Waals surface area contributed by atoms with Crippen molar-refractivity contribution in [3.05, 3.63) is 53.1 Å². The Bertz CT molecular complexity index is 928. The molecule has 0 saturated heterocycles. The molecule has 0 unspecified atom stereocenters. The van der Waals surface area contributed by atoms with Crippen LogP contribution in [0.5, 0.6) is 5.75 Å². The quantitative estimate of drug-likeness (QED) is 0.666. The topological polar surface area (TPSA) is 84.5 Å². The van der Waals surface area contributed by atoms with Gasteiger partial charge < -0.3 is 10.1 Å². The van der Waals surface area contributed by atoms with Crippen molar-refractivity contribution in [2.75, 3.05) is 11.9 Å². The molecule has 2 aromatic carbocycles. The van der Waals surface area contributed by atoms with Crippen molar-refractivity contribution in [3.63, 3.8) is 0 Å². The number of hydrogen-bond donors (Lipinski definition) is 2. The van der Waals surface area contributed by atoms with Gasteiger partial charge in [0.25, 0.3) is 0 Å². The molecule has 2 aromatic rings. The van der Waals surface area contributed by atoms with Gasteiger partial charge >= 0.3 is 0 Å². The lowest BCUT2D eigenvalue weighted by Crippen LogP contribution is -2.41. The number of rotatable bonds is 8. The van der Waals surface area contributed by atoms with Crippen LogP contribution >= 0.6 is 11.6 Å². The van der Waals surface area contributed by atoms with Crippen LogP contribution in [0.25, 0.3) is 0 Å². The van der Waals surface area contributed by atoms with Crippen molar-refractivity contribution in [2.24, 2.45) is 0 Å². The third-order valence-corrected chi connectivity index (χ3v) is 5.92. The first-order valence-corrected chi connectivity index (χ1v) is 10.9. The number of carbonyl (C=O) groups is 1. The van der Waals surface area contributed by atoms with Gasteiger partial charge in [0.05, 0.1) is 22.6 Å². The third kappa shape index (κ3) is 5.70. The molecule has 0 saturated carbocycles. The molecule has 0 bridgehead atoms. The second-order valence-corrected chi connectivity index (χ2v) is 8.76. The normalized spacial score (nSPS) is 12.6. The van der Waals surface area contributed by atoms with Crippen LogP contribution in [0, 0.1) is 0 Å². The summed E-state index contributed by atoms with van der Waals surface area (Å²) in [4.78, 5) is 12.3. The summed E-state index contributed by atoms with van der Waals surface area (Å²) in [5, 5.41) is 2.89. The van der Waals surface area contributed by atoms with E-state index in [4.69, 9.17) is 16.3 Å². The minimum absolute atomic E-state index is 0.0399. The number of anilines is 1. The van der Waals surface area contributed by atoms with Gasteiger partial charge in [0.15, 0.2) is 0 Å². The number of ether oxygens (including phenoxy) is 1. The molecule has 2 N–H and O–H groups in total. The fourth-order valence-electron chi connectivity index (χ4n) is 2.48. The molecule has 0 spiro atoms. The molecule has 8 heteroatoms. The van der Waals surface area contributed by atoms with Crippen molar-refractivity contribution < 1.29 is 17.9 Å². The largest absolute Gasteiger partial charge is 0.492 e. The zero-order chi connectivity index (χ0) is 20.9. The maximum absolute atomic E-state index is 12.5. The highest BCUT2D eigenvalue weighted by atomic mass is 35.5. The Balaban J connectivity index is 2.06. The minimum atomic E-state index is -3.92. The predicted molar refractivity (Wildman–Crippen MR) is 112 cm³/mol. The van der Waals surface area contributed by atoms with Gasteiger partial charge in [0, 0.05) is 5.69 Å².